The lowest BCUT2D eigenvalue weighted by atomic mass is 10.3. The SMILES string of the molecule is CCn1c(=O)n(I)c2ccccc21. The van der Waals surface area contributed by atoms with Crippen LogP contribution in [0.25, 0.3) is 11.0 Å². The summed E-state index contributed by atoms with van der Waals surface area (Å²) in [6.07, 6.45) is 0. The number of imidazole rings is 1. The van der Waals surface area contributed by atoms with Crippen molar-refractivity contribution in [1.82, 2.24) is 7.35 Å². The summed E-state index contributed by atoms with van der Waals surface area (Å²) in [5.74, 6) is 0. The highest BCUT2D eigenvalue weighted by Crippen LogP contribution is 2.13. The number of halogens is 1. The molecule has 0 aliphatic heterocycles. The molecule has 13 heavy (non-hydrogen) atoms. The van der Waals surface area contributed by atoms with Crippen LogP contribution < -0.4 is 5.69 Å². The van der Waals surface area contributed by atoms with Crippen molar-refractivity contribution in [2.45, 2.75) is 13.5 Å². The van der Waals surface area contributed by atoms with Gasteiger partial charge in [0.05, 0.1) is 33.9 Å². The van der Waals surface area contributed by atoms with E-state index < -0.39 is 0 Å². The lowest BCUT2D eigenvalue weighted by molar-refractivity contribution is 0.751. The molecule has 3 nitrogen and oxygen atoms in total. The fourth-order valence-electron chi connectivity index (χ4n) is 1.48. The number of hydrogen-bond acceptors (Lipinski definition) is 1. The molecule has 1 aromatic carbocycles. The number of benzene rings is 1. The van der Waals surface area contributed by atoms with E-state index in [2.05, 4.69) is 0 Å². The van der Waals surface area contributed by atoms with E-state index in [9.17, 15) is 4.79 Å². The second kappa shape index (κ2) is 3.17. The van der Waals surface area contributed by atoms with E-state index in [0.717, 1.165) is 17.6 Å². The Balaban J connectivity index is 2.98. The Morgan fingerprint density at radius 3 is 2.54 bits per heavy atom. The fraction of sp³-hybridized carbons (Fsp3) is 0.222. The van der Waals surface area contributed by atoms with Gasteiger partial charge in [0.25, 0.3) is 0 Å². The van der Waals surface area contributed by atoms with Crippen molar-refractivity contribution in [3.8, 4) is 0 Å². The predicted molar refractivity (Wildman–Crippen MR) is 61.3 cm³/mol. The zero-order valence-electron chi connectivity index (χ0n) is 7.20. The van der Waals surface area contributed by atoms with Gasteiger partial charge in [-0.15, -0.1) is 0 Å². The third-order valence-electron chi connectivity index (χ3n) is 2.10. The molecule has 0 aliphatic rings. The molecule has 4 heteroatoms. The smallest absolute Gasteiger partial charge is 0.292 e. The maximum Gasteiger partial charge on any atom is 0.338 e. The maximum absolute atomic E-state index is 11.6. The second-order valence-corrected chi connectivity index (χ2v) is 3.76. The molecule has 0 amide bonds. The third kappa shape index (κ3) is 1.20. The first kappa shape index (κ1) is 8.80. The van der Waals surface area contributed by atoms with Gasteiger partial charge >= 0.3 is 5.69 Å². The van der Waals surface area contributed by atoms with Gasteiger partial charge in [-0.3, -0.25) is 4.57 Å². The minimum atomic E-state index is 0.0456. The van der Waals surface area contributed by atoms with Crippen molar-refractivity contribution in [3.63, 3.8) is 0 Å². The standard InChI is InChI=1S/C9H9IN2O/c1-2-11-7-5-3-4-6-8(7)12(10)9(11)13/h3-6H,2H2,1H3. The van der Waals surface area contributed by atoms with Gasteiger partial charge in [-0.2, -0.15) is 0 Å². The topological polar surface area (TPSA) is 26.9 Å². The number of fused-ring (bicyclic) bond motifs is 1. The van der Waals surface area contributed by atoms with Crippen molar-refractivity contribution in [3.05, 3.63) is 34.7 Å². The van der Waals surface area contributed by atoms with Crippen LogP contribution in [0.3, 0.4) is 0 Å². The molecule has 1 heterocycles. The summed E-state index contributed by atoms with van der Waals surface area (Å²) < 4.78 is 3.42. The van der Waals surface area contributed by atoms with Gasteiger partial charge in [-0.25, -0.2) is 7.58 Å². The van der Waals surface area contributed by atoms with Crippen LogP contribution in [0.5, 0.6) is 0 Å². The van der Waals surface area contributed by atoms with Gasteiger partial charge in [0.1, 0.15) is 0 Å². The molecule has 0 N–H and O–H groups in total. The largest absolute Gasteiger partial charge is 0.338 e. The summed E-state index contributed by atoms with van der Waals surface area (Å²) >= 11 is 2.03. The molecular formula is C9H9IN2O. The van der Waals surface area contributed by atoms with E-state index in [1.54, 1.807) is 7.35 Å². The molecule has 68 valence electrons. The first-order valence-electron chi connectivity index (χ1n) is 4.12. The number of rotatable bonds is 1. The zero-order chi connectivity index (χ0) is 9.42. The van der Waals surface area contributed by atoms with Gasteiger partial charge in [-0.05, 0) is 19.1 Å². The van der Waals surface area contributed by atoms with E-state index >= 15 is 0 Å². The Bertz CT molecular complexity index is 498. The molecule has 0 saturated heterocycles. The fourth-order valence-corrected chi connectivity index (χ4v) is 2.14. The van der Waals surface area contributed by atoms with Crippen LogP contribution in [-0.2, 0) is 6.54 Å². The van der Waals surface area contributed by atoms with E-state index in [-0.39, 0.29) is 5.69 Å². The normalized spacial score (nSPS) is 10.9. The summed E-state index contributed by atoms with van der Waals surface area (Å²) in [6, 6.07) is 7.81. The Morgan fingerprint density at radius 1 is 1.31 bits per heavy atom. The number of aromatic nitrogens is 2. The molecule has 0 spiro atoms. The zero-order valence-corrected chi connectivity index (χ0v) is 9.35. The Morgan fingerprint density at radius 2 is 1.92 bits per heavy atom. The van der Waals surface area contributed by atoms with Gasteiger partial charge in [0.2, 0.25) is 0 Å². The van der Waals surface area contributed by atoms with Crippen molar-refractivity contribution >= 4 is 33.9 Å². The molecule has 2 rings (SSSR count). The highest BCUT2D eigenvalue weighted by Gasteiger charge is 2.07. The van der Waals surface area contributed by atoms with E-state index in [0.29, 0.717) is 0 Å². The van der Waals surface area contributed by atoms with Gasteiger partial charge in [0.15, 0.2) is 0 Å². The van der Waals surface area contributed by atoms with Crippen LogP contribution in [0.1, 0.15) is 6.92 Å². The molecule has 0 radical (unpaired) electrons. The molecule has 0 atom stereocenters. The van der Waals surface area contributed by atoms with Crippen LogP contribution in [0.15, 0.2) is 29.1 Å². The summed E-state index contributed by atoms with van der Waals surface area (Å²) in [6.45, 7) is 2.69. The Kier molecular flexibility index (Phi) is 2.15. The molecule has 2 aromatic rings. The number of nitrogens with zero attached hydrogens (tertiary/aromatic N) is 2. The summed E-state index contributed by atoms with van der Waals surface area (Å²) in [5.41, 5.74) is 2.03. The van der Waals surface area contributed by atoms with Crippen LogP contribution in [0.4, 0.5) is 0 Å². The van der Waals surface area contributed by atoms with E-state index in [1.807, 2.05) is 54.1 Å². The summed E-state index contributed by atoms with van der Waals surface area (Å²) in [5, 5.41) is 0. The minimum Gasteiger partial charge on any atom is -0.292 e. The van der Waals surface area contributed by atoms with Crippen LogP contribution in [0.2, 0.25) is 0 Å². The maximum atomic E-state index is 11.6. The minimum absolute atomic E-state index is 0.0456. The second-order valence-electron chi connectivity index (χ2n) is 2.80. The molecule has 0 bridgehead atoms. The Hall–Kier alpha value is -0.780. The van der Waals surface area contributed by atoms with Crippen LogP contribution in [0, 0.1) is 0 Å². The molecule has 0 fully saturated rings. The quantitative estimate of drug-likeness (QED) is 0.738. The monoisotopic (exact) mass is 288 g/mol. The van der Waals surface area contributed by atoms with Crippen molar-refractivity contribution in [2.75, 3.05) is 0 Å². The molecule has 1 aromatic heterocycles. The van der Waals surface area contributed by atoms with Crippen LogP contribution >= 0.6 is 22.9 Å². The highest BCUT2D eigenvalue weighted by molar-refractivity contribution is 14.1. The predicted octanol–water partition coefficient (Wildman–Crippen LogP) is 2.02. The molecular weight excluding hydrogens is 279 g/mol. The average Bonchev–Trinajstić information content (AvgIpc) is 2.41. The third-order valence-corrected chi connectivity index (χ3v) is 3.03. The van der Waals surface area contributed by atoms with E-state index in [4.69, 9.17) is 0 Å². The van der Waals surface area contributed by atoms with Gasteiger partial charge in [-0.1, -0.05) is 12.1 Å². The lowest BCUT2D eigenvalue weighted by Crippen LogP contribution is -2.18. The number of hydrogen-bond donors (Lipinski definition) is 0. The first-order chi connectivity index (χ1) is 6.25. The molecule has 0 saturated carbocycles. The average molecular weight is 288 g/mol. The summed E-state index contributed by atoms with van der Waals surface area (Å²) in [7, 11) is 0. The summed E-state index contributed by atoms with van der Waals surface area (Å²) in [4.78, 5) is 11.6. The lowest BCUT2D eigenvalue weighted by Gasteiger charge is -1.94. The Labute approximate surface area is 89.5 Å². The van der Waals surface area contributed by atoms with Crippen molar-refractivity contribution < 1.29 is 0 Å². The molecule has 0 unspecified atom stereocenters. The van der Waals surface area contributed by atoms with Crippen molar-refractivity contribution in [1.29, 1.82) is 0 Å². The number of para-hydroxylation sites is 2. The van der Waals surface area contributed by atoms with Crippen LogP contribution in [-0.4, -0.2) is 7.35 Å². The number of aryl methyl sites for hydroxylation is 1. The highest BCUT2D eigenvalue weighted by atomic mass is 127. The van der Waals surface area contributed by atoms with Crippen molar-refractivity contribution in [2.24, 2.45) is 0 Å². The molecule has 0 aliphatic carbocycles. The van der Waals surface area contributed by atoms with Gasteiger partial charge in [0, 0.05) is 6.54 Å². The van der Waals surface area contributed by atoms with E-state index in [1.165, 1.54) is 0 Å². The van der Waals surface area contributed by atoms with Gasteiger partial charge < -0.3 is 0 Å². The first-order valence-corrected chi connectivity index (χ1v) is 5.08.